The largest absolute Gasteiger partial charge is 0.466 e. The summed E-state index contributed by atoms with van der Waals surface area (Å²) in [7, 11) is 2.62. The van der Waals surface area contributed by atoms with Crippen molar-refractivity contribution in [3.8, 4) is 0 Å². The predicted molar refractivity (Wildman–Crippen MR) is 327 cm³/mol. The maximum absolute atomic E-state index is 14.0. The number of urea groups is 2. The summed E-state index contributed by atoms with van der Waals surface area (Å²) in [5.41, 5.74) is 6.57. The highest BCUT2D eigenvalue weighted by Crippen LogP contribution is 2.40. The van der Waals surface area contributed by atoms with E-state index in [-0.39, 0.29) is 51.1 Å². The second kappa shape index (κ2) is 24.7. The minimum Gasteiger partial charge on any atom is -0.466 e. The van der Waals surface area contributed by atoms with Gasteiger partial charge < -0.3 is 34.9 Å². The lowest BCUT2D eigenvalue weighted by molar-refractivity contribution is -0.137. The van der Waals surface area contributed by atoms with E-state index in [2.05, 4.69) is 40.4 Å². The van der Waals surface area contributed by atoms with E-state index >= 15 is 0 Å². The van der Waals surface area contributed by atoms with Crippen LogP contribution in [0.1, 0.15) is 56.3 Å². The van der Waals surface area contributed by atoms with Crippen LogP contribution in [-0.4, -0.2) is 173 Å². The van der Waals surface area contributed by atoms with E-state index in [1.165, 1.54) is 80.2 Å². The van der Waals surface area contributed by atoms with Crippen LogP contribution in [-0.2, 0) is 19.1 Å². The molecule has 7 aromatic rings. The van der Waals surface area contributed by atoms with Gasteiger partial charge in [0.15, 0.2) is 27.5 Å². The number of aryl methyl sites for hydroxylation is 1. The molecule has 87 heavy (non-hydrogen) atoms. The molecule has 6 aliphatic heterocycles. The molecule has 3 N–H and O–H groups in total. The van der Waals surface area contributed by atoms with Crippen molar-refractivity contribution in [3.05, 3.63) is 179 Å². The molecule has 9 heterocycles. The quantitative estimate of drug-likeness (QED) is 0.0727. The fourth-order valence-corrected chi connectivity index (χ4v) is 13.5. The van der Waals surface area contributed by atoms with Crippen LogP contribution in [0.5, 0.6) is 0 Å². The molecule has 4 saturated heterocycles. The van der Waals surface area contributed by atoms with E-state index in [1.54, 1.807) is 41.6 Å². The third kappa shape index (κ3) is 11.9. The lowest BCUT2D eigenvalue weighted by Crippen LogP contribution is -2.53. The molecule has 0 spiro atoms. The van der Waals surface area contributed by atoms with Crippen LogP contribution in [0.3, 0.4) is 0 Å². The topological polar surface area (TPSA) is 226 Å². The van der Waals surface area contributed by atoms with Crippen LogP contribution < -0.4 is 20.4 Å². The number of imidazole rings is 1. The smallest absolute Gasteiger partial charge is 0.338 e. The number of halogens is 4. The second-order valence-corrected chi connectivity index (χ2v) is 24.0. The molecular weight excluding hydrogens is 1200 g/mol. The number of carbonyl (C=O) groups is 5. The number of ketones is 1. The summed E-state index contributed by atoms with van der Waals surface area (Å²) in [5.74, 6) is -0.383. The number of anilines is 2. The summed E-state index contributed by atoms with van der Waals surface area (Å²) in [5, 5.41) is 11.9. The van der Waals surface area contributed by atoms with Gasteiger partial charge in [0.2, 0.25) is 0 Å². The summed E-state index contributed by atoms with van der Waals surface area (Å²) in [6, 6.07) is 19.0. The van der Waals surface area contributed by atoms with Crippen molar-refractivity contribution in [1.82, 2.24) is 50.2 Å². The number of piperazine rings is 2. The lowest BCUT2D eigenvalue weighted by atomic mass is 9.95. The summed E-state index contributed by atoms with van der Waals surface area (Å²) in [6.45, 7) is 8.52. The lowest BCUT2D eigenvalue weighted by Gasteiger charge is -2.38. The Kier molecular flexibility index (Phi) is 16.7. The number of methoxy groups -OCH3 is 2. The molecule has 0 aliphatic carbocycles. The predicted octanol–water partition coefficient (Wildman–Crippen LogP) is 8.55. The number of nitrogens with one attached hydrogen (secondary N) is 3. The number of Topliss-reactive ketones (excluding diaryl/α,β-unsaturated/α-hetero) is 1. The zero-order valence-electron chi connectivity index (χ0n) is 47.3. The minimum absolute atomic E-state index is 0.0281. The number of nitrogens with zero attached hydrogens (tertiary/aromatic N) is 11. The van der Waals surface area contributed by atoms with Crippen LogP contribution in [0.2, 0.25) is 10.0 Å². The minimum atomic E-state index is -0.849. The molecular formula is C60H56Cl2F2N14O7S2. The van der Waals surface area contributed by atoms with Gasteiger partial charge in [0.25, 0.3) is 0 Å². The molecule has 3 aromatic heterocycles. The fraction of sp³-hybridized carbons (Fsp3) is 0.300. The van der Waals surface area contributed by atoms with E-state index < -0.39 is 35.7 Å². The van der Waals surface area contributed by atoms with Gasteiger partial charge in [-0.15, -0.1) is 22.7 Å². The molecule has 4 atom stereocenters. The van der Waals surface area contributed by atoms with Gasteiger partial charge in [0.1, 0.15) is 29.5 Å². The summed E-state index contributed by atoms with van der Waals surface area (Å²) < 4.78 is 38.3. The molecule has 13 rings (SSSR count). The Morgan fingerprint density at radius 3 is 1.57 bits per heavy atom. The van der Waals surface area contributed by atoms with Gasteiger partial charge in [-0.1, -0.05) is 35.3 Å². The third-order valence-electron chi connectivity index (χ3n) is 16.0. The van der Waals surface area contributed by atoms with E-state index in [1.807, 2.05) is 50.6 Å². The first-order chi connectivity index (χ1) is 42.0. The number of H-pyrrole nitrogens is 1. The zero-order valence-corrected chi connectivity index (χ0v) is 50.4. The highest BCUT2D eigenvalue weighted by molar-refractivity contribution is 7.12. The Labute approximate surface area is 515 Å². The Morgan fingerprint density at radius 2 is 1.13 bits per heavy atom. The first kappa shape index (κ1) is 58.9. The molecule has 0 unspecified atom stereocenters. The van der Waals surface area contributed by atoms with Crippen LogP contribution in [0.15, 0.2) is 135 Å². The van der Waals surface area contributed by atoms with Gasteiger partial charge in [-0.2, -0.15) is 0 Å². The number of hydrogen-bond acceptors (Lipinski definition) is 18. The molecule has 27 heteroatoms. The molecule has 6 aliphatic rings. The number of rotatable bonds is 13. The molecule has 21 nitrogen and oxygen atoms in total. The van der Waals surface area contributed by atoms with Gasteiger partial charge in [-0.25, -0.2) is 42.9 Å². The van der Waals surface area contributed by atoms with Gasteiger partial charge >= 0.3 is 24.0 Å². The first-order valence-corrected chi connectivity index (χ1v) is 30.2. The van der Waals surface area contributed by atoms with Crippen molar-refractivity contribution >= 4 is 110 Å². The number of aromatic amines is 1. The SMILES string of the molecule is COC(=O)C1=C(CN2CCN3C(=O)N(c4ccc(C(C)=O)cc4)C[C@@H]3C2)NC(c2nccs2)=N[C@H]1c1ccc(F)cc1Cl.COC(=O)C1=C(CN2CCN3C(=O)N(c4ccc5nc(C)[nH]c5c4)C[C@@H]3C2)NC(c2nccs2)=N[C@H]1c1ccc(F)cc1Cl. The van der Waals surface area contributed by atoms with Gasteiger partial charge in [-0.05, 0) is 80.6 Å². The summed E-state index contributed by atoms with van der Waals surface area (Å²) in [6.07, 6.45) is 3.34. The Balaban J connectivity index is 0.000000170. The van der Waals surface area contributed by atoms with E-state index in [0.717, 1.165) is 28.2 Å². The summed E-state index contributed by atoms with van der Waals surface area (Å²) in [4.78, 5) is 103. The summed E-state index contributed by atoms with van der Waals surface area (Å²) >= 11 is 15.7. The molecule has 0 saturated carbocycles. The maximum atomic E-state index is 14.0. The van der Waals surface area contributed by atoms with Gasteiger partial charge in [0.05, 0.1) is 48.5 Å². The van der Waals surface area contributed by atoms with Crippen molar-refractivity contribution in [2.75, 3.05) is 89.5 Å². The number of amidine groups is 2. The zero-order chi connectivity index (χ0) is 60.8. The van der Waals surface area contributed by atoms with Crippen molar-refractivity contribution < 1.29 is 42.2 Å². The number of thiazole rings is 2. The van der Waals surface area contributed by atoms with E-state index in [4.69, 9.17) is 42.7 Å². The molecule has 4 aromatic carbocycles. The van der Waals surface area contributed by atoms with Crippen LogP contribution in [0.25, 0.3) is 11.0 Å². The van der Waals surface area contributed by atoms with Gasteiger partial charge in [-0.3, -0.25) is 34.4 Å². The van der Waals surface area contributed by atoms with Crippen LogP contribution >= 0.6 is 45.9 Å². The van der Waals surface area contributed by atoms with Crippen LogP contribution in [0, 0.1) is 18.6 Å². The van der Waals surface area contributed by atoms with Crippen molar-refractivity contribution in [1.29, 1.82) is 0 Å². The van der Waals surface area contributed by atoms with Gasteiger partial charge in [0, 0.05) is 138 Å². The van der Waals surface area contributed by atoms with E-state index in [9.17, 15) is 32.8 Å². The number of esters is 2. The molecule has 448 valence electrons. The average molecular weight is 1260 g/mol. The Hall–Kier alpha value is -8.46. The number of fused-ring (bicyclic) bond motifs is 3. The fourth-order valence-electron chi connectivity index (χ4n) is 11.8. The second-order valence-electron chi connectivity index (χ2n) is 21.4. The monoisotopic (exact) mass is 1260 g/mol. The number of aromatic nitrogens is 4. The van der Waals surface area contributed by atoms with Crippen molar-refractivity contribution in [2.24, 2.45) is 9.98 Å². The van der Waals surface area contributed by atoms with Crippen LogP contribution in [0.4, 0.5) is 29.7 Å². The van der Waals surface area contributed by atoms with E-state index in [0.29, 0.717) is 115 Å². The number of amides is 4. The Bertz CT molecular complexity index is 3990. The van der Waals surface area contributed by atoms with Crippen molar-refractivity contribution in [2.45, 2.75) is 38.0 Å². The number of aliphatic imine (C=N–C) groups is 2. The number of hydrogen-bond donors (Lipinski definition) is 3. The van der Waals surface area contributed by atoms with Crippen molar-refractivity contribution in [3.63, 3.8) is 0 Å². The number of ether oxygens (including phenoxy) is 2. The molecule has 0 bridgehead atoms. The molecule has 4 fully saturated rings. The maximum Gasteiger partial charge on any atom is 0.338 e. The molecule has 0 radical (unpaired) electrons. The average Bonchev–Trinajstić information content (AvgIpc) is 1.95. The Morgan fingerprint density at radius 1 is 0.644 bits per heavy atom. The number of carbonyl (C=O) groups excluding carboxylic acids is 5. The highest BCUT2D eigenvalue weighted by atomic mass is 35.5. The molecule has 4 amide bonds. The third-order valence-corrected chi connectivity index (χ3v) is 18.2. The highest BCUT2D eigenvalue weighted by Gasteiger charge is 2.45. The normalized spacial score (nSPS) is 20.6. The standard InChI is InChI=1S/C30H28ClFN8O3S.C30H28ClFN6O4S/c1-16-34-22-6-4-18(12-23(22)35-16)40-14-19-13-38(8-9-39(19)30(40)42)15-24-25(29(41)43-2)26(20-5-3-17(32)11-21(20)31)37-27(36-24)28-33-7-10-44-28;1-17(39)18-3-6-20(7-4-18)38-15-21-14-36(10-11-37(21)30(38)41)16-24-25(29(40)42-2)26(22-8-5-19(32)13-23(22)31)35-27(34-24)28-33-9-12-43-28/h3-7,10-12,19,26H,8-9,13-15H2,1-2H3,(H,34,35)(H,36,37);3-9,12-13,21,26H,10-11,14-16H2,1-2H3,(H,34,35)/t19-,26-;21-,26-/m00/s1. The number of benzene rings is 4. The first-order valence-electron chi connectivity index (χ1n) is 27.7.